The third kappa shape index (κ3) is 5.20. The molecule has 0 saturated carbocycles. The molecule has 30 heavy (non-hydrogen) atoms. The second kappa shape index (κ2) is 8.89. The van der Waals surface area contributed by atoms with Crippen molar-refractivity contribution in [3.63, 3.8) is 0 Å². The van der Waals surface area contributed by atoms with Crippen molar-refractivity contribution < 1.29 is 14.0 Å². The minimum atomic E-state index is -1.07. The molecule has 0 fully saturated rings. The van der Waals surface area contributed by atoms with Gasteiger partial charge in [-0.1, -0.05) is 28.2 Å². The fraction of sp³-hybridized carbons (Fsp3) is 0.238. The number of anilines is 1. The number of aromatic nitrogens is 2. The van der Waals surface area contributed by atoms with E-state index in [1.807, 2.05) is 20.8 Å². The number of hydrogen-bond acceptors (Lipinski definition) is 5. The van der Waals surface area contributed by atoms with E-state index in [2.05, 4.69) is 14.9 Å². The zero-order chi connectivity index (χ0) is 21.9. The van der Waals surface area contributed by atoms with Gasteiger partial charge in [0.05, 0.1) is 0 Å². The maximum Gasteiger partial charge on any atom is 0.280 e. The Morgan fingerprint density at radius 3 is 2.27 bits per heavy atom. The van der Waals surface area contributed by atoms with Crippen molar-refractivity contribution in [3.05, 3.63) is 76.0 Å². The second-order valence-corrected chi connectivity index (χ2v) is 8.68. The van der Waals surface area contributed by atoms with Crippen LogP contribution in [0.25, 0.3) is 0 Å². The molecule has 0 bridgehead atoms. The molecule has 0 saturated heterocycles. The number of hydrogen-bond donors (Lipinski definition) is 1. The first-order valence-electron chi connectivity index (χ1n) is 9.09. The van der Waals surface area contributed by atoms with Gasteiger partial charge in [0.1, 0.15) is 11.9 Å². The Balaban J connectivity index is 2.16. The van der Waals surface area contributed by atoms with E-state index in [0.717, 1.165) is 11.5 Å². The van der Waals surface area contributed by atoms with E-state index in [0.29, 0.717) is 16.3 Å². The summed E-state index contributed by atoms with van der Waals surface area (Å²) in [5, 5.41) is 8.77. The predicted molar refractivity (Wildman–Crippen MR) is 115 cm³/mol. The topological polar surface area (TPSA) is 75.2 Å². The number of halogens is 2. The lowest BCUT2D eigenvalue weighted by Crippen LogP contribution is -2.49. The highest BCUT2D eigenvalue weighted by molar-refractivity contribution is 7.03. The molecule has 0 radical (unpaired) electrons. The Labute approximate surface area is 182 Å². The van der Waals surface area contributed by atoms with Gasteiger partial charge in [0.2, 0.25) is 5.91 Å². The highest BCUT2D eigenvalue weighted by Gasteiger charge is 2.35. The van der Waals surface area contributed by atoms with E-state index in [1.165, 1.54) is 34.5 Å². The van der Waals surface area contributed by atoms with E-state index in [4.69, 9.17) is 11.6 Å². The normalized spacial score (nSPS) is 12.3. The van der Waals surface area contributed by atoms with Crippen LogP contribution in [-0.2, 0) is 4.79 Å². The average Bonchev–Trinajstić information content (AvgIpc) is 3.21. The molecule has 2 amide bonds. The molecule has 0 aliphatic carbocycles. The zero-order valence-corrected chi connectivity index (χ0v) is 18.2. The van der Waals surface area contributed by atoms with Crippen LogP contribution >= 0.6 is 23.1 Å². The smallest absolute Gasteiger partial charge is 0.280 e. The molecule has 0 spiro atoms. The lowest BCUT2D eigenvalue weighted by atomic mass is 10.0. The number of amides is 2. The van der Waals surface area contributed by atoms with Gasteiger partial charge >= 0.3 is 0 Å². The van der Waals surface area contributed by atoms with Crippen molar-refractivity contribution in [2.24, 2.45) is 0 Å². The molecule has 0 aliphatic rings. The summed E-state index contributed by atoms with van der Waals surface area (Å²) in [6, 6.07) is 10.9. The molecule has 1 atom stereocenters. The SMILES string of the molecule is CC(C)(C)NC(=O)[C@H](c1ccc(F)cc1)N(C(=O)c1csnn1)c1ccc(Cl)cc1. The van der Waals surface area contributed by atoms with Crippen LogP contribution in [0.4, 0.5) is 10.1 Å². The fourth-order valence-electron chi connectivity index (χ4n) is 2.87. The summed E-state index contributed by atoms with van der Waals surface area (Å²) in [5.41, 5.74) is 0.442. The summed E-state index contributed by atoms with van der Waals surface area (Å²) < 4.78 is 17.3. The molecule has 6 nitrogen and oxygen atoms in total. The van der Waals surface area contributed by atoms with Crippen LogP contribution < -0.4 is 10.2 Å². The molecule has 1 N–H and O–H groups in total. The summed E-state index contributed by atoms with van der Waals surface area (Å²) in [7, 11) is 0. The molecule has 0 aliphatic heterocycles. The molecule has 2 aromatic carbocycles. The van der Waals surface area contributed by atoms with Gasteiger partial charge in [0.25, 0.3) is 5.91 Å². The Bertz CT molecular complexity index is 1020. The van der Waals surface area contributed by atoms with Crippen molar-refractivity contribution in [2.45, 2.75) is 32.4 Å². The monoisotopic (exact) mass is 446 g/mol. The van der Waals surface area contributed by atoms with Crippen molar-refractivity contribution in [2.75, 3.05) is 4.90 Å². The lowest BCUT2D eigenvalue weighted by Gasteiger charge is -2.33. The molecule has 3 rings (SSSR count). The molecule has 1 aromatic heterocycles. The number of nitrogens with one attached hydrogen (secondary N) is 1. The van der Waals surface area contributed by atoms with E-state index in [-0.39, 0.29) is 5.69 Å². The van der Waals surface area contributed by atoms with Crippen LogP contribution in [-0.4, -0.2) is 26.9 Å². The number of benzene rings is 2. The van der Waals surface area contributed by atoms with Gasteiger partial charge in [0.15, 0.2) is 5.69 Å². The fourth-order valence-corrected chi connectivity index (χ4v) is 3.42. The summed E-state index contributed by atoms with van der Waals surface area (Å²) in [4.78, 5) is 28.0. The molecule has 156 valence electrons. The van der Waals surface area contributed by atoms with Crippen molar-refractivity contribution in [3.8, 4) is 0 Å². The van der Waals surface area contributed by atoms with Crippen molar-refractivity contribution in [1.82, 2.24) is 14.9 Å². The first-order chi connectivity index (χ1) is 14.2. The van der Waals surface area contributed by atoms with Gasteiger partial charge in [-0.05, 0) is 74.3 Å². The quantitative estimate of drug-likeness (QED) is 0.619. The average molecular weight is 447 g/mol. The van der Waals surface area contributed by atoms with Crippen LogP contribution in [0.2, 0.25) is 5.02 Å². The number of carbonyl (C=O) groups is 2. The third-order valence-electron chi connectivity index (χ3n) is 4.09. The molecule has 3 aromatic rings. The minimum Gasteiger partial charge on any atom is -0.349 e. The second-order valence-electron chi connectivity index (χ2n) is 7.64. The van der Waals surface area contributed by atoms with Crippen LogP contribution in [0, 0.1) is 5.82 Å². The molecular weight excluding hydrogens is 427 g/mol. The Hall–Kier alpha value is -2.84. The lowest BCUT2D eigenvalue weighted by molar-refractivity contribution is -0.123. The van der Waals surface area contributed by atoms with Gasteiger partial charge in [-0.25, -0.2) is 4.39 Å². The van der Waals surface area contributed by atoms with Gasteiger partial charge in [-0.2, -0.15) is 0 Å². The van der Waals surface area contributed by atoms with Crippen molar-refractivity contribution >= 4 is 40.6 Å². The molecular formula is C21H20ClFN4O2S. The van der Waals surface area contributed by atoms with Crippen molar-refractivity contribution in [1.29, 1.82) is 0 Å². The Kier molecular flexibility index (Phi) is 6.48. The summed E-state index contributed by atoms with van der Waals surface area (Å²) in [6.07, 6.45) is 0. The largest absolute Gasteiger partial charge is 0.349 e. The zero-order valence-electron chi connectivity index (χ0n) is 16.6. The van der Waals surface area contributed by atoms with Gasteiger partial charge in [-0.3, -0.25) is 14.5 Å². The first kappa shape index (κ1) is 21.9. The summed E-state index contributed by atoms with van der Waals surface area (Å²) >= 11 is 7.05. The molecule has 9 heteroatoms. The van der Waals surface area contributed by atoms with Crippen LogP contribution in [0.15, 0.2) is 53.9 Å². The maximum absolute atomic E-state index is 13.6. The van der Waals surface area contributed by atoms with Crippen LogP contribution in [0.5, 0.6) is 0 Å². The summed E-state index contributed by atoms with van der Waals surface area (Å²) in [6.45, 7) is 5.52. The highest BCUT2D eigenvalue weighted by atomic mass is 35.5. The van der Waals surface area contributed by atoms with Gasteiger partial charge in [-0.15, -0.1) is 5.10 Å². The van der Waals surface area contributed by atoms with Gasteiger partial charge < -0.3 is 5.32 Å². The predicted octanol–water partition coefficient (Wildman–Crippen LogP) is 4.63. The Morgan fingerprint density at radius 2 is 1.73 bits per heavy atom. The third-order valence-corrected chi connectivity index (χ3v) is 4.85. The van der Waals surface area contributed by atoms with E-state index >= 15 is 0 Å². The first-order valence-corrected chi connectivity index (χ1v) is 10.3. The highest BCUT2D eigenvalue weighted by Crippen LogP contribution is 2.31. The molecule has 0 unspecified atom stereocenters. The molecule has 1 heterocycles. The van der Waals surface area contributed by atoms with E-state index in [9.17, 15) is 14.0 Å². The minimum absolute atomic E-state index is 0.102. The van der Waals surface area contributed by atoms with Crippen LogP contribution in [0.1, 0.15) is 42.9 Å². The standard InChI is InChI=1S/C21H20ClFN4O2S/c1-21(2,3)24-19(28)18(13-4-8-15(23)9-5-13)27(16-10-6-14(22)7-11-16)20(29)17-12-30-26-25-17/h4-12,18H,1-3H3,(H,24,28)/t18-/m0/s1. The van der Waals surface area contributed by atoms with Crippen LogP contribution in [0.3, 0.4) is 0 Å². The number of nitrogens with zero attached hydrogens (tertiary/aromatic N) is 3. The summed E-state index contributed by atoms with van der Waals surface area (Å²) in [5.74, 6) is -1.37. The Morgan fingerprint density at radius 1 is 1.10 bits per heavy atom. The van der Waals surface area contributed by atoms with E-state index < -0.39 is 29.2 Å². The van der Waals surface area contributed by atoms with E-state index in [1.54, 1.807) is 24.3 Å². The number of carbonyl (C=O) groups excluding carboxylic acids is 2. The maximum atomic E-state index is 13.6. The number of rotatable bonds is 5. The van der Waals surface area contributed by atoms with Gasteiger partial charge in [0, 0.05) is 21.6 Å².